The number of rotatable bonds is 6. The summed E-state index contributed by atoms with van der Waals surface area (Å²) < 4.78 is 3.40. The van der Waals surface area contributed by atoms with Crippen molar-refractivity contribution in [1.82, 2.24) is 9.97 Å². The van der Waals surface area contributed by atoms with Crippen LogP contribution in [0.2, 0.25) is 0 Å². The van der Waals surface area contributed by atoms with Gasteiger partial charge in [-0.25, -0.2) is 4.98 Å². The maximum Gasteiger partial charge on any atom is 0.222 e. The minimum atomic E-state index is -0.145. The number of aromatic nitrogens is 2. The van der Waals surface area contributed by atoms with E-state index in [1.54, 1.807) is 18.1 Å². The van der Waals surface area contributed by atoms with Crippen LogP contribution in [-0.4, -0.2) is 15.9 Å². The predicted octanol–water partition coefficient (Wildman–Crippen LogP) is 5.65. The molecule has 0 aliphatic heterocycles. The summed E-state index contributed by atoms with van der Waals surface area (Å²) in [5.41, 5.74) is 5.11. The number of hydrogen-bond donors (Lipinski definition) is 2. The number of benzene rings is 1. The van der Waals surface area contributed by atoms with Gasteiger partial charge >= 0.3 is 0 Å². The molecule has 6 heteroatoms. The molecule has 2 aromatic heterocycles. The van der Waals surface area contributed by atoms with Crippen LogP contribution in [0.4, 0.5) is 11.5 Å². The normalized spacial score (nSPS) is 10.8. The van der Waals surface area contributed by atoms with Crippen LogP contribution in [0.5, 0.6) is 0 Å². The van der Waals surface area contributed by atoms with Crippen LogP contribution >= 0.6 is 11.9 Å². The monoisotopic (exact) mass is 392 g/mol. The molecule has 1 amide bonds. The number of nitrogens with zero attached hydrogens (tertiary/aromatic N) is 2. The fraction of sp³-hybridized carbons (Fsp3) is 0.227. The summed E-state index contributed by atoms with van der Waals surface area (Å²) in [7, 11) is 0. The van der Waals surface area contributed by atoms with Crippen LogP contribution in [0.15, 0.2) is 59.8 Å². The van der Waals surface area contributed by atoms with E-state index < -0.39 is 0 Å². The van der Waals surface area contributed by atoms with Crippen molar-refractivity contribution in [3.8, 4) is 11.1 Å². The first kappa shape index (κ1) is 19.9. The smallest absolute Gasteiger partial charge is 0.222 e. The number of anilines is 2. The fourth-order valence-electron chi connectivity index (χ4n) is 2.69. The molecule has 3 rings (SSSR count). The number of hydrogen-bond acceptors (Lipinski definition) is 5. The SMILES string of the molecule is CC(=O)Nc1cc(-c2cnc(C)c(NSc3ccc(C(C)C)cc3)c2)ccn1. The average molecular weight is 393 g/mol. The van der Waals surface area contributed by atoms with Crippen molar-refractivity contribution in [3.63, 3.8) is 0 Å². The molecule has 2 heterocycles. The van der Waals surface area contributed by atoms with Crippen LogP contribution in [0.25, 0.3) is 11.1 Å². The Labute approximate surface area is 170 Å². The van der Waals surface area contributed by atoms with Gasteiger partial charge in [-0.3, -0.25) is 9.78 Å². The highest BCUT2D eigenvalue weighted by Crippen LogP contribution is 2.29. The molecule has 0 unspecified atom stereocenters. The fourth-order valence-corrected chi connectivity index (χ4v) is 3.39. The van der Waals surface area contributed by atoms with E-state index in [4.69, 9.17) is 0 Å². The van der Waals surface area contributed by atoms with Crippen LogP contribution < -0.4 is 10.0 Å². The maximum atomic E-state index is 11.3. The molecule has 3 aromatic rings. The van der Waals surface area contributed by atoms with Crippen LogP contribution in [0.3, 0.4) is 0 Å². The van der Waals surface area contributed by atoms with E-state index >= 15 is 0 Å². The molecule has 0 saturated heterocycles. The number of carbonyl (C=O) groups excluding carboxylic acids is 1. The van der Waals surface area contributed by atoms with Crippen molar-refractivity contribution in [2.75, 3.05) is 10.0 Å². The third-order valence-corrected chi connectivity index (χ3v) is 5.14. The summed E-state index contributed by atoms with van der Waals surface area (Å²) in [4.78, 5) is 21.1. The van der Waals surface area contributed by atoms with Gasteiger partial charge < -0.3 is 10.0 Å². The third-order valence-electron chi connectivity index (χ3n) is 4.31. The molecule has 0 spiro atoms. The number of amides is 1. The minimum absolute atomic E-state index is 0.145. The van der Waals surface area contributed by atoms with Gasteiger partial charge in [0.15, 0.2) is 0 Å². The van der Waals surface area contributed by atoms with E-state index in [1.165, 1.54) is 12.5 Å². The molecule has 5 nitrogen and oxygen atoms in total. The number of carbonyl (C=O) groups is 1. The van der Waals surface area contributed by atoms with Gasteiger partial charge in [0.25, 0.3) is 0 Å². The lowest BCUT2D eigenvalue weighted by Crippen LogP contribution is -2.07. The second-order valence-corrected chi connectivity index (χ2v) is 7.78. The zero-order chi connectivity index (χ0) is 20.1. The molecule has 0 radical (unpaired) electrons. The van der Waals surface area contributed by atoms with Gasteiger partial charge in [0, 0.05) is 29.8 Å². The molecule has 0 aliphatic carbocycles. The van der Waals surface area contributed by atoms with E-state index in [0.29, 0.717) is 11.7 Å². The van der Waals surface area contributed by atoms with Gasteiger partial charge in [0.05, 0.1) is 11.4 Å². The Balaban J connectivity index is 1.77. The van der Waals surface area contributed by atoms with Crippen molar-refractivity contribution >= 4 is 29.4 Å². The maximum absolute atomic E-state index is 11.3. The van der Waals surface area contributed by atoms with Crippen molar-refractivity contribution in [3.05, 3.63) is 66.1 Å². The zero-order valence-electron chi connectivity index (χ0n) is 16.5. The Bertz CT molecular complexity index is 971. The average Bonchev–Trinajstić information content (AvgIpc) is 2.67. The van der Waals surface area contributed by atoms with E-state index in [1.807, 2.05) is 25.3 Å². The first-order valence-corrected chi connectivity index (χ1v) is 9.97. The molecular weight excluding hydrogens is 368 g/mol. The Hall–Kier alpha value is -2.86. The summed E-state index contributed by atoms with van der Waals surface area (Å²) in [5, 5.41) is 2.71. The summed E-state index contributed by atoms with van der Waals surface area (Å²) in [6.07, 6.45) is 3.51. The van der Waals surface area contributed by atoms with Crippen molar-refractivity contribution in [2.45, 2.75) is 38.5 Å². The van der Waals surface area contributed by atoms with Gasteiger partial charge in [-0.1, -0.05) is 26.0 Å². The van der Waals surface area contributed by atoms with E-state index in [0.717, 1.165) is 27.4 Å². The molecule has 1 aromatic carbocycles. The molecule has 144 valence electrons. The van der Waals surface area contributed by atoms with Gasteiger partial charge in [-0.15, -0.1) is 0 Å². The first-order chi connectivity index (χ1) is 13.4. The first-order valence-electron chi connectivity index (χ1n) is 9.16. The highest BCUT2D eigenvalue weighted by molar-refractivity contribution is 8.00. The van der Waals surface area contributed by atoms with Gasteiger partial charge in [-0.05, 0) is 66.2 Å². The van der Waals surface area contributed by atoms with E-state index in [-0.39, 0.29) is 5.91 Å². The lowest BCUT2D eigenvalue weighted by Gasteiger charge is -2.12. The second kappa shape index (κ2) is 8.89. The van der Waals surface area contributed by atoms with Crippen molar-refractivity contribution in [2.24, 2.45) is 0 Å². The van der Waals surface area contributed by atoms with Gasteiger partial charge in [-0.2, -0.15) is 0 Å². The minimum Gasteiger partial charge on any atom is -0.324 e. The van der Waals surface area contributed by atoms with E-state index in [9.17, 15) is 4.79 Å². The summed E-state index contributed by atoms with van der Waals surface area (Å²) >= 11 is 1.56. The summed E-state index contributed by atoms with van der Waals surface area (Å²) in [6, 6.07) is 14.4. The lowest BCUT2D eigenvalue weighted by molar-refractivity contribution is -0.114. The Morgan fingerprint density at radius 3 is 2.46 bits per heavy atom. The summed E-state index contributed by atoms with van der Waals surface area (Å²) in [6.45, 7) is 7.83. The highest BCUT2D eigenvalue weighted by Gasteiger charge is 2.07. The molecule has 0 aliphatic rings. The second-order valence-electron chi connectivity index (χ2n) is 6.90. The Morgan fingerprint density at radius 1 is 1.04 bits per heavy atom. The quantitative estimate of drug-likeness (QED) is 0.530. The van der Waals surface area contributed by atoms with Crippen LogP contribution in [0, 0.1) is 6.92 Å². The molecule has 28 heavy (non-hydrogen) atoms. The predicted molar refractivity (Wildman–Crippen MR) is 117 cm³/mol. The van der Waals surface area contributed by atoms with Crippen molar-refractivity contribution in [1.29, 1.82) is 0 Å². The molecule has 0 atom stereocenters. The largest absolute Gasteiger partial charge is 0.324 e. The molecule has 0 saturated carbocycles. The molecule has 2 N–H and O–H groups in total. The molecule has 0 fully saturated rings. The van der Waals surface area contributed by atoms with Gasteiger partial charge in [0.2, 0.25) is 5.91 Å². The highest BCUT2D eigenvalue weighted by atomic mass is 32.2. The van der Waals surface area contributed by atoms with Crippen LogP contribution in [0.1, 0.15) is 37.9 Å². The zero-order valence-corrected chi connectivity index (χ0v) is 17.3. The van der Waals surface area contributed by atoms with Crippen LogP contribution in [-0.2, 0) is 4.79 Å². The summed E-state index contributed by atoms with van der Waals surface area (Å²) in [5.74, 6) is 0.909. The van der Waals surface area contributed by atoms with E-state index in [2.05, 4.69) is 64.2 Å². The number of nitrogens with one attached hydrogen (secondary N) is 2. The number of aryl methyl sites for hydroxylation is 1. The number of pyridine rings is 2. The third kappa shape index (κ3) is 5.10. The molecular formula is C22H24N4OS. The lowest BCUT2D eigenvalue weighted by atomic mass is 10.0. The topological polar surface area (TPSA) is 66.9 Å². The van der Waals surface area contributed by atoms with Gasteiger partial charge in [0.1, 0.15) is 5.82 Å². The standard InChI is InChI=1S/C22H24N4OS/c1-14(2)17-5-7-20(8-6-17)28-26-21-11-19(13-24-15(21)3)18-9-10-23-22(12-18)25-16(4)27/h5-14,26H,1-4H3,(H,23,25,27). The van der Waals surface area contributed by atoms with Crippen molar-refractivity contribution < 1.29 is 4.79 Å². The molecule has 0 bridgehead atoms. The Kier molecular flexibility index (Phi) is 6.31. The Morgan fingerprint density at radius 2 is 1.79 bits per heavy atom.